The number of hydrogen-bond donors (Lipinski definition) is 1. The van der Waals surface area contributed by atoms with Crippen LogP contribution >= 0.6 is 0 Å². The fraction of sp³-hybridized carbons (Fsp3) is 0.0526. The van der Waals surface area contributed by atoms with Crippen LogP contribution in [0.2, 0.25) is 0 Å². The number of aromatic nitrogens is 1. The van der Waals surface area contributed by atoms with Crippen molar-refractivity contribution in [2.75, 3.05) is 7.11 Å². The van der Waals surface area contributed by atoms with E-state index in [9.17, 15) is 5.11 Å². The lowest BCUT2D eigenvalue weighted by atomic mass is 10.1. The Labute approximate surface area is 138 Å². The summed E-state index contributed by atoms with van der Waals surface area (Å²) in [5, 5.41) is 10.1. The molecular formula is C19H14N2O3. The van der Waals surface area contributed by atoms with Crippen molar-refractivity contribution >= 4 is 23.6 Å². The minimum Gasteiger partial charge on any atom is -0.497 e. The molecule has 0 bridgehead atoms. The van der Waals surface area contributed by atoms with Gasteiger partial charge in [0.1, 0.15) is 11.4 Å². The first-order chi connectivity index (χ1) is 11.7. The zero-order chi connectivity index (χ0) is 16.5. The Kier molecular flexibility index (Phi) is 3.39. The third-order valence-electron chi connectivity index (χ3n) is 3.80. The SMILES string of the molecule is COc1cccc(-c2nc(/C=C3\C=Nc4ccccc43)c(O)o2)c1. The van der Waals surface area contributed by atoms with E-state index in [1.54, 1.807) is 25.5 Å². The van der Waals surface area contributed by atoms with Crippen LogP contribution in [-0.2, 0) is 0 Å². The average molecular weight is 318 g/mol. The quantitative estimate of drug-likeness (QED) is 0.781. The highest BCUT2D eigenvalue weighted by Gasteiger charge is 2.16. The van der Waals surface area contributed by atoms with Crippen molar-refractivity contribution in [3.8, 4) is 23.1 Å². The van der Waals surface area contributed by atoms with Gasteiger partial charge in [0.15, 0.2) is 0 Å². The maximum Gasteiger partial charge on any atom is 0.310 e. The molecule has 3 aromatic rings. The van der Waals surface area contributed by atoms with E-state index in [1.807, 2.05) is 42.5 Å². The number of para-hydroxylation sites is 1. The molecule has 4 rings (SSSR count). The van der Waals surface area contributed by atoms with Crippen molar-refractivity contribution in [3.63, 3.8) is 0 Å². The van der Waals surface area contributed by atoms with Crippen LogP contribution in [0.25, 0.3) is 23.1 Å². The molecule has 0 saturated carbocycles. The second-order valence-corrected chi connectivity index (χ2v) is 5.32. The van der Waals surface area contributed by atoms with Gasteiger partial charge in [0.25, 0.3) is 0 Å². The second-order valence-electron chi connectivity index (χ2n) is 5.32. The summed E-state index contributed by atoms with van der Waals surface area (Å²) in [6.45, 7) is 0. The summed E-state index contributed by atoms with van der Waals surface area (Å²) in [7, 11) is 1.60. The molecule has 1 aliphatic rings. The van der Waals surface area contributed by atoms with Crippen molar-refractivity contribution in [2.45, 2.75) is 0 Å². The first-order valence-corrected chi connectivity index (χ1v) is 7.44. The number of methoxy groups -OCH3 is 1. The Morgan fingerprint density at radius 2 is 2.00 bits per heavy atom. The van der Waals surface area contributed by atoms with Crippen molar-refractivity contribution in [1.29, 1.82) is 0 Å². The van der Waals surface area contributed by atoms with Gasteiger partial charge in [0.05, 0.1) is 12.8 Å². The van der Waals surface area contributed by atoms with Crippen molar-refractivity contribution in [3.05, 3.63) is 59.8 Å². The zero-order valence-corrected chi connectivity index (χ0v) is 12.9. The van der Waals surface area contributed by atoms with Gasteiger partial charge in [-0.15, -0.1) is 0 Å². The highest BCUT2D eigenvalue weighted by molar-refractivity contribution is 6.21. The number of allylic oxidation sites excluding steroid dienone is 1. The van der Waals surface area contributed by atoms with Gasteiger partial charge >= 0.3 is 5.95 Å². The van der Waals surface area contributed by atoms with Gasteiger partial charge in [-0.05, 0) is 30.3 Å². The molecule has 24 heavy (non-hydrogen) atoms. The monoisotopic (exact) mass is 318 g/mol. The van der Waals surface area contributed by atoms with Crippen LogP contribution in [0.3, 0.4) is 0 Å². The molecule has 5 heteroatoms. The van der Waals surface area contributed by atoms with Gasteiger partial charge in [-0.25, -0.2) is 4.98 Å². The van der Waals surface area contributed by atoms with E-state index in [1.165, 1.54) is 0 Å². The normalized spacial score (nSPS) is 14.1. The number of aromatic hydroxyl groups is 1. The first kappa shape index (κ1) is 14.3. The standard InChI is InChI=1S/C19H14N2O3/c1-23-14-6-4-5-12(9-14)18-21-17(19(22)24-18)10-13-11-20-16-8-3-2-7-15(13)16/h2-11,22H,1H3/b13-10+. The van der Waals surface area contributed by atoms with E-state index in [4.69, 9.17) is 9.15 Å². The molecule has 0 fully saturated rings. The Bertz CT molecular complexity index is 970. The predicted molar refractivity (Wildman–Crippen MR) is 92.6 cm³/mol. The van der Waals surface area contributed by atoms with Crippen LogP contribution in [0.1, 0.15) is 11.3 Å². The molecule has 2 aromatic carbocycles. The lowest BCUT2D eigenvalue weighted by molar-refractivity contribution is 0.336. The lowest BCUT2D eigenvalue weighted by Crippen LogP contribution is -1.84. The van der Waals surface area contributed by atoms with Crippen LogP contribution in [-0.4, -0.2) is 23.4 Å². The van der Waals surface area contributed by atoms with Crippen LogP contribution in [0.5, 0.6) is 11.7 Å². The highest BCUT2D eigenvalue weighted by atomic mass is 16.5. The van der Waals surface area contributed by atoms with Gasteiger partial charge in [-0.1, -0.05) is 24.3 Å². The second kappa shape index (κ2) is 5.70. The van der Waals surface area contributed by atoms with Crippen LogP contribution in [0, 0.1) is 0 Å². The molecule has 1 aliphatic heterocycles. The smallest absolute Gasteiger partial charge is 0.310 e. The van der Waals surface area contributed by atoms with Gasteiger partial charge in [-0.3, -0.25) is 4.99 Å². The fourth-order valence-corrected chi connectivity index (χ4v) is 2.60. The van der Waals surface area contributed by atoms with Gasteiger partial charge < -0.3 is 14.3 Å². The summed E-state index contributed by atoms with van der Waals surface area (Å²) < 4.78 is 10.6. The number of ether oxygens (including phenoxy) is 1. The summed E-state index contributed by atoms with van der Waals surface area (Å²) in [6, 6.07) is 15.1. The average Bonchev–Trinajstić information content (AvgIpc) is 3.20. The van der Waals surface area contributed by atoms with Crippen molar-refractivity contribution in [1.82, 2.24) is 4.98 Å². The summed E-state index contributed by atoms with van der Waals surface area (Å²) >= 11 is 0. The summed E-state index contributed by atoms with van der Waals surface area (Å²) in [5.41, 5.74) is 3.88. The minimum absolute atomic E-state index is 0.224. The third kappa shape index (κ3) is 2.46. The van der Waals surface area contributed by atoms with Gasteiger partial charge in [0.2, 0.25) is 5.89 Å². The molecule has 1 N–H and O–H groups in total. The maximum atomic E-state index is 10.1. The molecule has 5 nitrogen and oxygen atoms in total. The number of fused-ring (bicyclic) bond motifs is 1. The Morgan fingerprint density at radius 3 is 2.88 bits per heavy atom. The number of benzene rings is 2. The molecule has 2 heterocycles. The Morgan fingerprint density at radius 1 is 1.12 bits per heavy atom. The number of nitrogens with zero attached hydrogens (tertiary/aromatic N) is 2. The first-order valence-electron chi connectivity index (χ1n) is 7.44. The van der Waals surface area contributed by atoms with Gasteiger partial charge in [0, 0.05) is 22.9 Å². The topological polar surface area (TPSA) is 67.9 Å². The van der Waals surface area contributed by atoms with E-state index < -0.39 is 0 Å². The highest BCUT2D eigenvalue weighted by Crippen LogP contribution is 2.35. The van der Waals surface area contributed by atoms with Crippen LogP contribution < -0.4 is 4.74 Å². The molecule has 118 valence electrons. The van der Waals surface area contributed by atoms with E-state index in [0.29, 0.717) is 17.3 Å². The molecule has 0 spiro atoms. The zero-order valence-electron chi connectivity index (χ0n) is 12.9. The fourth-order valence-electron chi connectivity index (χ4n) is 2.60. The Hall–Kier alpha value is -3.34. The molecule has 0 radical (unpaired) electrons. The largest absolute Gasteiger partial charge is 0.497 e. The molecule has 0 unspecified atom stereocenters. The van der Waals surface area contributed by atoms with E-state index in [-0.39, 0.29) is 5.95 Å². The number of oxazole rings is 1. The maximum absolute atomic E-state index is 10.1. The molecule has 0 aliphatic carbocycles. The molecule has 0 saturated heterocycles. The Balaban J connectivity index is 1.72. The van der Waals surface area contributed by atoms with Crippen molar-refractivity contribution < 1.29 is 14.3 Å². The lowest BCUT2D eigenvalue weighted by Gasteiger charge is -2.00. The van der Waals surface area contributed by atoms with E-state index in [0.717, 1.165) is 22.4 Å². The molecule has 0 atom stereocenters. The summed E-state index contributed by atoms with van der Waals surface area (Å²) in [5.74, 6) is 0.807. The van der Waals surface area contributed by atoms with E-state index in [2.05, 4.69) is 9.98 Å². The van der Waals surface area contributed by atoms with Crippen LogP contribution in [0.15, 0.2) is 57.9 Å². The van der Waals surface area contributed by atoms with Crippen LogP contribution in [0.4, 0.5) is 5.69 Å². The summed E-state index contributed by atoms with van der Waals surface area (Å²) in [6.07, 6.45) is 3.52. The minimum atomic E-state index is -0.224. The molecular weight excluding hydrogens is 304 g/mol. The van der Waals surface area contributed by atoms with Crippen molar-refractivity contribution in [2.24, 2.45) is 4.99 Å². The summed E-state index contributed by atoms with van der Waals surface area (Å²) in [4.78, 5) is 8.73. The number of rotatable bonds is 3. The van der Waals surface area contributed by atoms with E-state index >= 15 is 0 Å². The predicted octanol–water partition coefficient (Wildman–Crippen LogP) is 4.31. The molecule has 1 aromatic heterocycles. The number of aliphatic imine (C=N–C) groups is 1. The third-order valence-corrected chi connectivity index (χ3v) is 3.80. The number of hydrogen-bond acceptors (Lipinski definition) is 5. The molecule has 0 amide bonds. The van der Waals surface area contributed by atoms with Gasteiger partial charge in [-0.2, -0.15) is 0 Å².